The van der Waals surface area contributed by atoms with Gasteiger partial charge >= 0.3 is 6.09 Å². The van der Waals surface area contributed by atoms with Gasteiger partial charge in [0.05, 0.1) is 18.7 Å². The van der Waals surface area contributed by atoms with E-state index in [-0.39, 0.29) is 30.4 Å². The molecular weight excluding hydrogens is 398 g/mol. The first-order chi connectivity index (χ1) is 14.6. The average Bonchev–Trinajstić information content (AvgIpc) is 2.71. The summed E-state index contributed by atoms with van der Waals surface area (Å²) in [5, 5.41) is 2.70. The summed E-state index contributed by atoms with van der Waals surface area (Å²) in [6, 6.07) is 6.97. The number of rotatable bonds is 7. The highest BCUT2D eigenvalue weighted by Crippen LogP contribution is 2.20. The van der Waals surface area contributed by atoms with Gasteiger partial charge in [0, 0.05) is 26.7 Å². The normalized spacial score (nSPS) is 16.4. The largest absolute Gasteiger partial charge is 0.493 e. The van der Waals surface area contributed by atoms with E-state index in [1.54, 1.807) is 41.1 Å². The molecule has 0 radical (unpaired) electrons. The van der Waals surface area contributed by atoms with E-state index in [4.69, 9.17) is 9.47 Å². The molecule has 1 aliphatic rings. The molecule has 0 bridgehead atoms. The third-order valence-corrected chi connectivity index (χ3v) is 4.94. The second-order valence-corrected chi connectivity index (χ2v) is 8.82. The van der Waals surface area contributed by atoms with Crippen molar-refractivity contribution in [2.24, 2.45) is 5.92 Å². The molecule has 0 spiro atoms. The second kappa shape index (κ2) is 11.0. The summed E-state index contributed by atoms with van der Waals surface area (Å²) in [7, 11) is 1.71. The van der Waals surface area contributed by atoms with E-state index in [0.717, 1.165) is 12.8 Å². The van der Waals surface area contributed by atoms with Crippen LogP contribution in [0, 0.1) is 5.92 Å². The van der Waals surface area contributed by atoms with Crippen molar-refractivity contribution in [1.82, 2.24) is 15.1 Å². The zero-order chi connectivity index (χ0) is 23.0. The lowest BCUT2D eigenvalue weighted by molar-refractivity contribution is -0.132. The number of nitrogens with zero attached hydrogens (tertiary/aromatic N) is 2. The smallest absolute Gasteiger partial charge is 0.410 e. The molecule has 1 saturated heterocycles. The van der Waals surface area contributed by atoms with Crippen LogP contribution in [-0.4, -0.2) is 73.1 Å². The van der Waals surface area contributed by atoms with Crippen LogP contribution in [0.2, 0.25) is 0 Å². The number of para-hydroxylation sites is 1. The first kappa shape index (κ1) is 24.5. The van der Waals surface area contributed by atoms with Gasteiger partial charge in [-0.1, -0.05) is 12.1 Å². The maximum atomic E-state index is 12.7. The van der Waals surface area contributed by atoms with Crippen molar-refractivity contribution in [3.8, 4) is 5.75 Å². The predicted octanol–water partition coefficient (Wildman–Crippen LogP) is 2.92. The fourth-order valence-electron chi connectivity index (χ4n) is 3.54. The number of carbonyl (C=O) groups excluding carboxylic acids is 3. The van der Waals surface area contributed by atoms with Crippen molar-refractivity contribution in [2.75, 3.05) is 39.8 Å². The molecule has 0 saturated carbocycles. The third kappa shape index (κ3) is 7.77. The Morgan fingerprint density at radius 2 is 1.94 bits per heavy atom. The molecule has 0 unspecified atom stereocenters. The lowest BCUT2D eigenvalue weighted by Gasteiger charge is -2.35. The van der Waals surface area contributed by atoms with Gasteiger partial charge in [-0.2, -0.15) is 0 Å². The van der Waals surface area contributed by atoms with E-state index in [1.165, 1.54) is 0 Å². The number of piperidine rings is 1. The Morgan fingerprint density at radius 1 is 1.23 bits per heavy atom. The molecule has 31 heavy (non-hydrogen) atoms. The van der Waals surface area contributed by atoms with E-state index < -0.39 is 5.60 Å². The van der Waals surface area contributed by atoms with Crippen LogP contribution in [0.25, 0.3) is 0 Å². The van der Waals surface area contributed by atoms with Gasteiger partial charge in [0.15, 0.2) is 0 Å². The number of hydrogen-bond acceptors (Lipinski definition) is 5. The zero-order valence-corrected chi connectivity index (χ0v) is 19.3. The van der Waals surface area contributed by atoms with Crippen molar-refractivity contribution in [2.45, 2.75) is 46.1 Å². The fourth-order valence-corrected chi connectivity index (χ4v) is 3.54. The van der Waals surface area contributed by atoms with Crippen molar-refractivity contribution < 1.29 is 23.9 Å². The highest BCUT2D eigenvalue weighted by molar-refractivity contribution is 5.98. The van der Waals surface area contributed by atoms with Gasteiger partial charge in [0.25, 0.3) is 5.91 Å². The monoisotopic (exact) mass is 433 g/mol. The van der Waals surface area contributed by atoms with Gasteiger partial charge in [0.2, 0.25) is 5.91 Å². The molecule has 172 valence electrons. The first-order valence-electron chi connectivity index (χ1n) is 10.8. The minimum absolute atomic E-state index is 0.0755. The number of hydrogen-bond donors (Lipinski definition) is 1. The Hall–Kier alpha value is -2.77. The Morgan fingerprint density at radius 3 is 2.61 bits per heavy atom. The van der Waals surface area contributed by atoms with Gasteiger partial charge in [-0.25, -0.2) is 4.79 Å². The maximum Gasteiger partial charge on any atom is 0.410 e. The fraction of sp³-hybridized carbons (Fsp3) is 0.609. The molecule has 1 aromatic carbocycles. The summed E-state index contributed by atoms with van der Waals surface area (Å²) in [5.41, 5.74) is -0.133. The molecule has 1 heterocycles. The summed E-state index contributed by atoms with van der Waals surface area (Å²) in [6.45, 7) is 9.46. The van der Waals surface area contributed by atoms with Crippen LogP contribution in [0.3, 0.4) is 0 Å². The van der Waals surface area contributed by atoms with Crippen LogP contribution in [0.5, 0.6) is 5.75 Å². The highest BCUT2D eigenvalue weighted by atomic mass is 16.6. The minimum atomic E-state index is -0.543. The molecule has 2 rings (SSSR count). The lowest BCUT2D eigenvalue weighted by atomic mass is 9.97. The standard InChI is InChI=1S/C23H35N3O5/c1-6-30-19-12-8-7-11-18(19)21(28)24-14-20(27)26-13-9-10-17(16-26)15-25(5)22(29)31-23(2,3)4/h7-8,11-12,17H,6,9-10,13-16H2,1-5H3,(H,24,28)/t17-/m1/s1. The molecule has 8 heteroatoms. The molecule has 1 aliphatic heterocycles. The Labute approximate surface area is 184 Å². The van der Waals surface area contributed by atoms with E-state index >= 15 is 0 Å². The topological polar surface area (TPSA) is 88.2 Å². The van der Waals surface area contributed by atoms with Crippen LogP contribution in [0.15, 0.2) is 24.3 Å². The zero-order valence-electron chi connectivity index (χ0n) is 19.3. The van der Waals surface area contributed by atoms with Crippen LogP contribution in [0.4, 0.5) is 4.79 Å². The third-order valence-electron chi connectivity index (χ3n) is 4.94. The van der Waals surface area contributed by atoms with Gasteiger partial charge in [-0.15, -0.1) is 0 Å². The number of likely N-dealkylation sites (tertiary alicyclic amines) is 1. The predicted molar refractivity (Wildman–Crippen MR) is 118 cm³/mol. The summed E-state index contributed by atoms with van der Waals surface area (Å²) in [5.74, 6) is 0.199. The first-order valence-corrected chi connectivity index (χ1v) is 10.8. The number of ether oxygens (including phenoxy) is 2. The molecule has 0 aromatic heterocycles. The Kier molecular flexibility index (Phi) is 8.71. The number of carbonyl (C=O) groups is 3. The molecule has 0 aliphatic carbocycles. The molecular formula is C23H35N3O5. The van der Waals surface area contributed by atoms with Gasteiger partial charge in [-0.3, -0.25) is 9.59 Å². The summed E-state index contributed by atoms with van der Waals surface area (Å²) in [6.07, 6.45) is 1.43. The van der Waals surface area contributed by atoms with E-state index in [9.17, 15) is 14.4 Å². The van der Waals surface area contributed by atoms with E-state index in [0.29, 0.717) is 37.6 Å². The summed E-state index contributed by atoms with van der Waals surface area (Å²) < 4.78 is 10.9. The number of benzene rings is 1. The average molecular weight is 434 g/mol. The number of amides is 3. The Bertz CT molecular complexity index is 775. The van der Waals surface area contributed by atoms with Crippen LogP contribution < -0.4 is 10.1 Å². The van der Waals surface area contributed by atoms with E-state index in [2.05, 4.69) is 5.32 Å². The van der Waals surface area contributed by atoms with Gasteiger partial charge in [0.1, 0.15) is 11.4 Å². The molecule has 1 atom stereocenters. The van der Waals surface area contributed by atoms with Crippen molar-refractivity contribution in [3.63, 3.8) is 0 Å². The Balaban J connectivity index is 1.86. The van der Waals surface area contributed by atoms with Gasteiger partial charge < -0.3 is 24.6 Å². The maximum absolute atomic E-state index is 12.7. The van der Waals surface area contributed by atoms with Gasteiger partial charge in [-0.05, 0) is 58.6 Å². The van der Waals surface area contributed by atoms with Crippen LogP contribution in [0.1, 0.15) is 50.9 Å². The van der Waals surface area contributed by atoms with E-state index in [1.807, 2.05) is 27.7 Å². The van der Waals surface area contributed by atoms with Crippen LogP contribution >= 0.6 is 0 Å². The van der Waals surface area contributed by atoms with Crippen molar-refractivity contribution >= 4 is 17.9 Å². The minimum Gasteiger partial charge on any atom is -0.493 e. The lowest BCUT2D eigenvalue weighted by Crippen LogP contribution is -2.47. The highest BCUT2D eigenvalue weighted by Gasteiger charge is 2.27. The quantitative estimate of drug-likeness (QED) is 0.714. The summed E-state index contributed by atoms with van der Waals surface area (Å²) >= 11 is 0. The SMILES string of the molecule is CCOc1ccccc1C(=O)NCC(=O)N1CCC[C@H](CN(C)C(=O)OC(C)(C)C)C1. The molecule has 1 aromatic rings. The second-order valence-electron chi connectivity index (χ2n) is 8.82. The van der Waals surface area contributed by atoms with Crippen LogP contribution in [-0.2, 0) is 9.53 Å². The molecule has 1 N–H and O–H groups in total. The van der Waals surface area contributed by atoms with Crippen molar-refractivity contribution in [1.29, 1.82) is 0 Å². The van der Waals surface area contributed by atoms with Crippen molar-refractivity contribution in [3.05, 3.63) is 29.8 Å². The number of nitrogens with one attached hydrogen (secondary N) is 1. The summed E-state index contributed by atoms with van der Waals surface area (Å²) in [4.78, 5) is 40.7. The molecule has 1 fully saturated rings. The molecule has 3 amide bonds. The molecule has 8 nitrogen and oxygen atoms in total.